The van der Waals surface area contributed by atoms with Crippen molar-refractivity contribution in [3.63, 3.8) is 0 Å². The number of nitriles is 4. The van der Waals surface area contributed by atoms with E-state index in [0.29, 0.717) is 43.4 Å². The molecule has 0 saturated heterocycles. The summed E-state index contributed by atoms with van der Waals surface area (Å²) in [6.45, 7) is 3.90. The lowest BCUT2D eigenvalue weighted by Crippen LogP contribution is -2.69. The van der Waals surface area contributed by atoms with Crippen LogP contribution in [-0.2, 0) is 5.41 Å². The fourth-order valence-electron chi connectivity index (χ4n) is 6.10. The number of rotatable bonds is 4. The molecule has 0 atom stereocenters. The quantitative estimate of drug-likeness (QED) is 0.246. The van der Waals surface area contributed by atoms with Crippen LogP contribution in [-0.4, -0.2) is 0 Å². The molecule has 1 saturated carbocycles. The van der Waals surface area contributed by atoms with Crippen molar-refractivity contribution in [3.8, 4) is 24.3 Å². The third-order valence-electron chi connectivity index (χ3n) is 8.03. The molecule has 196 valence electrons. The van der Waals surface area contributed by atoms with Crippen molar-refractivity contribution in [3.05, 3.63) is 146 Å². The molecule has 0 radical (unpaired) electrons. The van der Waals surface area contributed by atoms with E-state index in [1.165, 1.54) is 0 Å². The topological polar surface area (TPSA) is 95.2 Å². The van der Waals surface area contributed by atoms with Crippen LogP contribution in [0.1, 0.15) is 33.4 Å². The van der Waals surface area contributed by atoms with Crippen molar-refractivity contribution in [2.24, 2.45) is 10.8 Å². The molecule has 0 bridgehead atoms. The van der Waals surface area contributed by atoms with Gasteiger partial charge in [-0.2, -0.15) is 21.0 Å². The van der Waals surface area contributed by atoms with Gasteiger partial charge in [0.1, 0.15) is 0 Å². The standard InChI is InChI=1S/C35H22Cl2N4/c1-23-3-11-27(12-4-23)35(28-13-5-24(2)6-14-28)32(33(19-38,20-39)34(35,21-40)22-41)31(25-7-15-29(36)16-8-25)26-9-17-30(37)18-10-26/h3-18H,1-2H3. The van der Waals surface area contributed by atoms with Gasteiger partial charge in [0.05, 0.1) is 29.7 Å². The Kier molecular flexibility index (Phi) is 6.95. The van der Waals surface area contributed by atoms with Crippen LogP contribution in [0.25, 0.3) is 5.57 Å². The first kappa shape index (κ1) is 27.7. The summed E-state index contributed by atoms with van der Waals surface area (Å²) in [5, 5.41) is 44.4. The predicted molar refractivity (Wildman–Crippen MR) is 159 cm³/mol. The molecule has 1 aliphatic rings. The van der Waals surface area contributed by atoms with E-state index in [-0.39, 0.29) is 0 Å². The zero-order valence-electron chi connectivity index (χ0n) is 22.3. The molecule has 4 nitrogen and oxygen atoms in total. The third-order valence-corrected chi connectivity index (χ3v) is 8.53. The number of nitrogens with zero attached hydrogens (tertiary/aromatic N) is 4. The summed E-state index contributed by atoms with van der Waals surface area (Å²) < 4.78 is 0. The highest BCUT2D eigenvalue weighted by Gasteiger charge is 2.82. The first-order valence-electron chi connectivity index (χ1n) is 12.8. The van der Waals surface area contributed by atoms with Gasteiger partial charge in [0.25, 0.3) is 0 Å². The SMILES string of the molecule is Cc1ccc(C2(c3ccc(C)cc3)C(=C(c3ccc(Cl)cc3)c3ccc(Cl)cc3)C(C#N)(C#N)C2(C#N)C#N)cc1. The Balaban J connectivity index is 2.10. The van der Waals surface area contributed by atoms with Crippen molar-refractivity contribution < 1.29 is 0 Å². The van der Waals surface area contributed by atoms with E-state index < -0.39 is 16.2 Å². The molecule has 41 heavy (non-hydrogen) atoms. The highest BCUT2D eigenvalue weighted by molar-refractivity contribution is 6.31. The van der Waals surface area contributed by atoms with E-state index in [0.717, 1.165) is 11.1 Å². The summed E-state index contributed by atoms with van der Waals surface area (Å²) in [6.07, 6.45) is 0. The zero-order valence-corrected chi connectivity index (χ0v) is 23.8. The van der Waals surface area contributed by atoms with Gasteiger partial charge in [0.15, 0.2) is 10.8 Å². The van der Waals surface area contributed by atoms with E-state index in [2.05, 4.69) is 24.3 Å². The highest BCUT2D eigenvalue weighted by Crippen LogP contribution is 2.75. The summed E-state index contributed by atoms with van der Waals surface area (Å²) in [4.78, 5) is 0. The minimum atomic E-state index is -2.11. The van der Waals surface area contributed by atoms with E-state index in [9.17, 15) is 21.0 Å². The van der Waals surface area contributed by atoms with Crippen molar-refractivity contribution in [2.45, 2.75) is 19.3 Å². The molecule has 4 aromatic rings. The molecule has 1 aliphatic carbocycles. The van der Waals surface area contributed by atoms with Crippen LogP contribution in [0.15, 0.2) is 103 Å². The van der Waals surface area contributed by atoms with Crippen molar-refractivity contribution in [2.75, 3.05) is 0 Å². The molecule has 5 rings (SSSR count). The smallest absolute Gasteiger partial charge is 0.196 e. The molecule has 0 unspecified atom stereocenters. The Morgan fingerprint density at radius 2 is 0.902 bits per heavy atom. The summed E-state index contributed by atoms with van der Waals surface area (Å²) in [5.41, 5.74) is -0.173. The molecule has 1 fully saturated rings. The predicted octanol–water partition coefficient (Wildman–Crippen LogP) is 8.48. The second-order valence-corrected chi connectivity index (χ2v) is 11.1. The van der Waals surface area contributed by atoms with Gasteiger partial charge in [-0.05, 0) is 71.5 Å². The molecule has 0 aliphatic heterocycles. The Labute approximate surface area is 249 Å². The van der Waals surface area contributed by atoms with Crippen LogP contribution in [0, 0.1) is 70.0 Å². The van der Waals surface area contributed by atoms with Gasteiger partial charge in [0.2, 0.25) is 0 Å². The van der Waals surface area contributed by atoms with Gasteiger partial charge < -0.3 is 0 Å². The second-order valence-electron chi connectivity index (χ2n) is 10.2. The number of allylic oxidation sites excluding steroid dienone is 1. The Morgan fingerprint density at radius 1 is 0.537 bits per heavy atom. The van der Waals surface area contributed by atoms with Gasteiger partial charge in [-0.25, -0.2) is 0 Å². The molecule has 0 amide bonds. The number of hydrogen-bond donors (Lipinski definition) is 0. The average Bonchev–Trinajstić information content (AvgIpc) is 2.99. The molecule has 0 spiro atoms. The van der Waals surface area contributed by atoms with E-state index in [4.69, 9.17) is 23.2 Å². The van der Waals surface area contributed by atoms with Crippen LogP contribution in [0.5, 0.6) is 0 Å². The minimum Gasteiger partial charge on any atom is -0.196 e. The van der Waals surface area contributed by atoms with Crippen LogP contribution < -0.4 is 0 Å². The molecule has 0 aromatic heterocycles. The lowest BCUT2D eigenvalue weighted by molar-refractivity contribution is 0.125. The lowest BCUT2D eigenvalue weighted by atomic mass is 9.31. The number of halogens is 2. The first-order valence-corrected chi connectivity index (χ1v) is 13.6. The van der Waals surface area contributed by atoms with Crippen LogP contribution in [0.4, 0.5) is 0 Å². The molecule has 4 aromatic carbocycles. The number of aryl methyl sites for hydroxylation is 2. The van der Waals surface area contributed by atoms with Crippen molar-refractivity contribution in [1.29, 1.82) is 21.0 Å². The Hall–Kier alpha value is -4.84. The fourth-order valence-corrected chi connectivity index (χ4v) is 6.35. The first-order chi connectivity index (χ1) is 19.7. The van der Waals surface area contributed by atoms with Gasteiger partial charge in [-0.1, -0.05) is 107 Å². The van der Waals surface area contributed by atoms with Gasteiger partial charge in [-0.3, -0.25) is 0 Å². The monoisotopic (exact) mass is 568 g/mol. The largest absolute Gasteiger partial charge is 0.200 e. The second kappa shape index (κ2) is 10.3. The molecule has 0 N–H and O–H groups in total. The number of benzene rings is 4. The normalized spacial score (nSPS) is 15.8. The van der Waals surface area contributed by atoms with Crippen LogP contribution in [0.3, 0.4) is 0 Å². The van der Waals surface area contributed by atoms with Gasteiger partial charge in [-0.15, -0.1) is 0 Å². The Bertz CT molecular complexity index is 1720. The van der Waals surface area contributed by atoms with Crippen LogP contribution >= 0.6 is 23.2 Å². The summed E-state index contributed by atoms with van der Waals surface area (Å²) >= 11 is 12.5. The maximum Gasteiger partial charge on any atom is 0.200 e. The van der Waals surface area contributed by atoms with Gasteiger partial charge >= 0.3 is 0 Å². The molecule has 0 heterocycles. The summed E-state index contributed by atoms with van der Waals surface area (Å²) in [6, 6.07) is 38.0. The average molecular weight is 569 g/mol. The van der Waals surface area contributed by atoms with Gasteiger partial charge in [0, 0.05) is 10.0 Å². The maximum atomic E-state index is 10.9. The Morgan fingerprint density at radius 3 is 1.22 bits per heavy atom. The number of hydrogen-bond acceptors (Lipinski definition) is 4. The summed E-state index contributed by atoms with van der Waals surface area (Å²) in [5.74, 6) is 0. The molecular weight excluding hydrogens is 547 g/mol. The van der Waals surface area contributed by atoms with E-state index in [1.54, 1.807) is 24.3 Å². The highest BCUT2D eigenvalue weighted by atomic mass is 35.5. The minimum absolute atomic E-state index is 0.357. The van der Waals surface area contributed by atoms with E-state index >= 15 is 0 Å². The van der Waals surface area contributed by atoms with Crippen LogP contribution in [0.2, 0.25) is 10.0 Å². The zero-order chi connectivity index (χ0) is 29.4. The molecular formula is C35H22Cl2N4. The lowest BCUT2D eigenvalue weighted by Gasteiger charge is -2.62. The third kappa shape index (κ3) is 3.78. The maximum absolute atomic E-state index is 10.9. The summed E-state index contributed by atoms with van der Waals surface area (Å²) in [7, 11) is 0. The molecule has 6 heteroatoms. The van der Waals surface area contributed by atoms with Crippen molar-refractivity contribution in [1.82, 2.24) is 0 Å². The van der Waals surface area contributed by atoms with Crippen molar-refractivity contribution >= 4 is 28.8 Å². The van der Waals surface area contributed by atoms with E-state index in [1.807, 2.05) is 86.6 Å². The fraction of sp³-hybridized carbons (Fsp3) is 0.143.